The molecule has 5 heteroatoms. The second kappa shape index (κ2) is 7.81. The number of nitrogens with one attached hydrogen (secondary N) is 1. The molecule has 1 heterocycles. The van der Waals surface area contributed by atoms with Gasteiger partial charge in [0.15, 0.2) is 6.61 Å². The van der Waals surface area contributed by atoms with E-state index in [0.717, 1.165) is 24.4 Å². The molecule has 24 heavy (non-hydrogen) atoms. The Morgan fingerprint density at radius 1 is 1.21 bits per heavy atom. The van der Waals surface area contributed by atoms with Crippen molar-refractivity contribution in [2.24, 2.45) is 0 Å². The zero-order valence-electron chi connectivity index (χ0n) is 14.7. The van der Waals surface area contributed by atoms with E-state index in [4.69, 9.17) is 4.74 Å². The van der Waals surface area contributed by atoms with Crippen LogP contribution < -0.4 is 10.1 Å². The Morgan fingerprint density at radius 2 is 1.92 bits per heavy atom. The van der Waals surface area contributed by atoms with Gasteiger partial charge in [-0.15, -0.1) is 0 Å². The van der Waals surface area contributed by atoms with E-state index < -0.39 is 0 Å². The Hall–Kier alpha value is -2.56. The van der Waals surface area contributed by atoms with Crippen molar-refractivity contribution in [3.05, 3.63) is 47.3 Å². The highest BCUT2D eigenvalue weighted by Gasteiger charge is 2.16. The van der Waals surface area contributed by atoms with Gasteiger partial charge in [-0.25, -0.2) is 0 Å². The third-order valence-electron chi connectivity index (χ3n) is 3.88. The van der Waals surface area contributed by atoms with E-state index in [0.29, 0.717) is 17.0 Å². The highest BCUT2D eigenvalue weighted by molar-refractivity contribution is 5.98. The van der Waals surface area contributed by atoms with Crippen molar-refractivity contribution in [1.29, 1.82) is 0 Å². The van der Waals surface area contributed by atoms with E-state index in [1.807, 2.05) is 19.9 Å². The van der Waals surface area contributed by atoms with Gasteiger partial charge in [-0.1, -0.05) is 19.1 Å². The molecular weight excluding hydrogens is 304 g/mol. The van der Waals surface area contributed by atoms with E-state index in [-0.39, 0.29) is 18.3 Å². The van der Waals surface area contributed by atoms with Crippen LogP contribution in [0.5, 0.6) is 5.75 Å². The number of amides is 1. The number of rotatable bonds is 7. The summed E-state index contributed by atoms with van der Waals surface area (Å²) in [4.78, 5) is 23.8. The van der Waals surface area contributed by atoms with Crippen molar-refractivity contribution in [3.63, 3.8) is 0 Å². The number of nitrogens with zero attached hydrogens (tertiary/aromatic N) is 1. The fourth-order valence-corrected chi connectivity index (χ4v) is 2.76. The molecule has 5 nitrogen and oxygen atoms in total. The molecule has 2 rings (SSSR count). The van der Waals surface area contributed by atoms with Gasteiger partial charge in [0, 0.05) is 30.4 Å². The number of para-hydroxylation sites is 2. The molecule has 0 spiro atoms. The molecular formula is C19H24N2O3. The molecule has 0 aliphatic rings. The van der Waals surface area contributed by atoms with Crippen LogP contribution in [0.3, 0.4) is 0 Å². The van der Waals surface area contributed by atoms with Gasteiger partial charge < -0.3 is 14.6 Å². The van der Waals surface area contributed by atoms with Gasteiger partial charge >= 0.3 is 0 Å². The Labute approximate surface area is 142 Å². The molecule has 0 saturated carbocycles. The molecule has 1 aromatic heterocycles. The number of aryl methyl sites for hydroxylation is 1. The van der Waals surface area contributed by atoms with Crippen molar-refractivity contribution in [3.8, 4) is 5.75 Å². The van der Waals surface area contributed by atoms with Crippen molar-refractivity contribution >= 4 is 17.4 Å². The van der Waals surface area contributed by atoms with Crippen LogP contribution in [0.25, 0.3) is 0 Å². The first-order chi connectivity index (χ1) is 11.4. The summed E-state index contributed by atoms with van der Waals surface area (Å²) in [5.41, 5.74) is 3.31. The topological polar surface area (TPSA) is 60.3 Å². The second-order valence-corrected chi connectivity index (χ2v) is 5.83. The summed E-state index contributed by atoms with van der Waals surface area (Å²) in [6, 6.07) is 9.00. The van der Waals surface area contributed by atoms with Gasteiger partial charge in [0.05, 0.1) is 5.69 Å². The SMILES string of the molecule is CCCn1c(C)cc(C(=O)COc2ccccc2NC(C)=O)c1C. The van der Waals surface area contributed by atoms with E-state index in [9.17, 15) is 9.59 Å². The molecule has 1 N–H and O–H groups in total. The van der Waals surface area contributed by atoms with Crippen LogP contribution in [0, 0.1) is 13.8 Å². The lowest BCUT2D eigenvalue weighted by Crippen LogP contribution is -2.14. The molecule has 0 bridgehead atoms. The lowest BCUT2D eigenvalue weighted by molar-refractivity contribution is -0.114. The minimum Gasteiger partial charge on any atom is -0.483 e. The summed E-state index contributed by atoms with van der Waals surface area (Å²) >= 11 is 0. The van der Waals surface area contributed by atoms with Crippen LogP contribution >= 0.6 is 0 Å². The Bertz CT molecular complexity index is 747. The molecule has 2 aromatic rings. The highest BCUT2D eigenvalue weighted by Crippen LogP contribution is 2.24. The first-order valence-corrected chi connectivity index (χ1v) is 8.13. The molecule has 0 radical (unpaired) electrons. The maximum atomic E-state index is 12.5. The quantitative estimate of drug-likeness (QED) is 0.788. The molecule has 1 aromatic carbocycles. The van der Waals surface area contributed by atoms with Crippen LogP contribution in [0.2, 0.25) is 0 Å². The van der Waals surface area contributed by atoms with Crippen molar-refractivity contribution in [1.82, 2.24) is 4.57 Å². The molecule has 0 atom stereocenters. The zero-order valence-corrected chi connectivity index (χ0v) is 14.7. The van der Waals surface area contributed by atoms with Crippen molar-refractivity contribution in [2.45, 2.75) is 40.7 Å². The Balaban J connectivity index is 2.12. The molecule has 0 unspecified atom stereocenters. The smallest absolute Gasteiger partial charge is 0.221 e. The van der Waals surface area contributed by atoms with E-state index in [2.05, 4.69) is 16.8 Å². The number of aromatic nitrogens is 1. The van der Waals surface area contributed by atoms with E-state index in [1.165, 1.54) is 6.92 Å². The number of hydrogen-bond donors (Lipinski definition) is 1. The summed E-state index contributed by atoms with van der Waals surface area (Å²) < 4.78 is 7.80. The van der Waals surface area contributed by atoms with Crippen LogP contribution in [0.4, 0.5) is 5.69 Å². The summed E-state index contributed by atoms with van der Waals surface area (Å²) in [6.45, 7) is 8.35. The number of carbonyl (C=O) groups excluding carboxylic acids is 2. The number of Topliss-reactive ketones (excluding diaryl/α,β-unsaturated/α-hetero) is 1. The van der Waals surface area contributed by atoms with E-state index in [1.54, 1.807) is 24.3 Å². The summed E-state index contributed by atoms with van der Waals surface area (Å²) in [7, 11) is 0. The van der Waals surface area contributed by atoms with Gasteiger partial charge in [-0.05, 0) is 38.5 Å². The fourth-order valence-electron chi connectivity index (χ4n) is 2.76. The third-order valence-corrected chi connectivity index (χ3v) is 3.88. The van der Waals surface area contributed by atoms with E-state index >= 15 is 0 Å². The minimum atomic E-state index is -0.180. The third kappa shape index (κ3) is 4.04. The van der Waals surface area contributed by atoms with Gasteiger partial charge in [0.25, 0.3) is 0 Å². The first kappa shape index (κ1) is 17.8. The van der Waals surface area contributed by atoms with Crippen LogP contribution in [-0.2, 0) is 11.3 Å². The zero-order chi connectivity index (χ0) is 17.7. The number of hydrogen-bond acceptors (Lipinski definition) is 3. The van der Waals surface area contributed by atoms with Crippen molar-refractivity contribution < 1.29 is 14.3 Å². The first-order valence-electron chi connectivity index (χ1n) is 8.13. The molecule has 0 fully saturated rings. The van der Waals surface area contributed by atoms with Crippen LogP contribution in [0.15, 0.2) is 30.3 Å². The summed E-state index contributed by atoms with van der Waals surface area (Å²) in [6.07, 6.45) is 1.02. The predicted octanol–water partition coefficient (Wildman–Crippen LogP) is 3.74. The number of ether oxygens (including phenoxy) is 1. The summed E-state index contributed by atoms with van der Waals surface area (Å²) in [5.74, 6) is 0.243. The Morgan fingerprint density at radius 3 is 2.58 bits per heavy atom. The van der Waals surface area contributed by atoms with Crippen molar-refractivity contribution in [2.75, 3.05) is 11.9 Å². The predicted molar refractivity (Wildman–Crippen MR) is 94.8 cm³/mol. The second-order valence-electron chi connectivity index (χ2n) is 5.83. The molecule has 0 saturated heterocycles. The largest absolute Gasteiger partial charge is 0.483 e. The lowest BCUT2D eigenvalue weighted by atomic mass is 10.1. The van der Waals surface area contributed by atoms with Crippen LogP contribution in [-0.4, -0.2) is 22.9 Å². The van der Waals surface area contributed by atoms with Gasteiger partial charge in [0.2, 0.25) is 11.7 Å². The molecule has 0 aliphatic carbocycles. The maximum Gasteiger partial charge on any atom is 0.221 e. The number of ketones is 1. The molecule has 1 amide bonds. The average molecular weight is 328 g/mol. The number of anilines is 1. The molecule has 0 aliphatic heterocycles. The molecule has 128 valence electrons. The highest BCUT2D eigenvalue weighted by atomic mass is 16.5. The van der Waals surface area contributed by atoms with Crippen LogP contribution in [0.1, 0.15) is 42.0 Å². The fraction of sp³-hybridized carbons (Fsp3) is 0.368. The number of carbonyl (C=O) groups is 2. The summed E-state index contributed by atoms with van der Waals surface area (Å²) in [5, 5.41) is 2.70. The normalized spacial score (nSPS) is 10.5. The lowest BCUT2D eigenvalue weighted by Gasteiger charge is -2.11. The minimum absolute atomic E-state index is 0.0625. The van der Waals surface area contributed by atoms with Gasteiger partial charge in [0.1, 0.15) is 5.75 Å². The maximum absolute atomic E-state index is 12.5. The Kier molecular flexibility index (Phi) is 5.79. The standard InChI is InChI=1S/C19H24N2O3/c1-5-10-21-13(2)11-16(14(21)3)18(23)12-24-19-9-7-6-8-17(19)20-15(4)22/h6-9,11H,5,10,12H2,1-4H3,(H,20,22). The monoisotopic (exact) mass is 328 g/mol. The van der Waals surface area contributed by atoms with Gasteiger partial charge in [-0.3, -0.25) is 9.59 Å². The van der Waals surface area contributed by atoms with Gasteiger partial charge in [-0.2, -0.15) is 0 Å². The number of benzene rings is 1. The average Bonchev–Trinajstić information content (AvgIpc) is 2.82.